The molecule has 0 amide bonds. The Kier molecular flexibility index (Phi) is 6.00. The summed E-state index contributed by atoms with van der Waals surface area (Å²) in [7, 11) is -1.79. The summed E-state index contributed by atoms with van der Waals surface area (Å²) in [5.74, 6) is 1.76. The smallest absolute Gasteiger partial charge is 0.416 e. The van der Waals surface area contributed by atoms with Crippen molar-refractivity contribution in [3.05, 3.63) is 57.6 Å². The van der Waals surface area contributed by atoms with E-state index in [2.05, 4.69) is 86.6 Å². The van der Waals surface area contributed by atoms with E-state index < -0.39 is 8.60 Å². The molecule has 0 N–H and O–H groups in total. The fourth-order valence-electron chi connectivity index (χ4n) is 3.93. The second-order valence-electron chi connectivity index (χ2n) is 10.2. The van der Waals surface area contributed by atoms with Crippen LogP contribution >= 0.6 is 20.5 Å². The van der Waals surface area contributed by atoms with Gasteiger partial charge in [0.1, 0.15) is 11.5 Å². The number of aryl methyl sites for hydroxylation is 2. The summed E-state index contributed by atoms with van der Waals surface area (Å²) in [6, 6.07) is 8.80. The normalized spacial score (nSPS) is 19.4. The van der Waals surface area contributed by atoms with Crippen LogP contribution in [0.15, 0.2) is 24.3 Å². The first kappa shape index (κ1) is 22.4. The molecule has 0 aromatic heterocycles. The molecule has 1 aliphatic heterocycles. The molecule has 2 aromatic rings. The lowest BCUT2D eigenvalue weighted by Gasteiger charge is -2.33. The third-order valence-electron chi connectivity index (χ3n) is 5.46. The van der Waals surface area contributed by atoms with Gasteiger partial charge in [0.05, 0.1) is 11.9 Å². The Balaban J connectivity index is 2.35. The van der Waals surface area contributed by atoms with Gasteiger partial charge >= 0.3 is 8.60 Å². The van der Waals surface area contributed by atoms with Gasteiger partial charge in [0.25, 0.3) is 0 Å². The zero-order valence-electron chi connectivity index (χ0n) is 18.9. The summed E-state index contributed by atoms with van der Waals surface area (Å²) < 4.78 is 17.8. The quantitative estimate of drug-likeness (QED) is 0.423. The largest absolute Gasteiger partial charge is 0.481 e. The highest BCUT2D eigenvalue weighted by Crippen LogP contribution is 2.55. The Bertz CT molecular complexity index is 852. The monoisotopic (exact) mass is 434 g/mol. The van der Waals surface area contributed by atoms with Crippen LogP contribution in [-0.2, 0) is 14.9 Å². The molecule has 3 nitrogen and oxygen atoms in total. The van der Waals surface area contributed by atoms with E-state index in [1.54, 1.807) is 0 Å². The molecule has 0 saturated heterocycles. The van der Waals surface area contributed by atoms with Crippen molar-refractivity contribution in [1.29, 1.82) is 0 Å². The zero-order valence-corrected chi connectivity index (χ0v) is 20.6. The second kappa shape index (κ2) is 7.76. The van der Waals surface area contributed by atoms with E-state index in [-0.39, 0.29) is 16.7 Å². The second-order valence-corrected chi connectivity index (χ2v) is 11.5. The van der Waals surface area contributed by atoms with Crippen molar-refractivity contribution in [2.75, 3.05) is 0 Å². The molecule has 29 heavy (non-hydrogen) atoms. The molecule has 1 heterocycles. The number of hydrogen-bond donors (Lipinski definition) is 0. The number of halogens is 1. The van der Waals surface area contributed by atoms with Gasteiger partial charge in [-0.2, -0.15) is 4.08 Å². The Morgan fingerprint density at radius 1 is 0.793 bits per heavy atom. The predicted molar refractivity (Wildman–Crippen MR) is 122 cm³/mol. The minimum Gasteiger partial charge on any atom is -0.416 e. The van der Waals surface area contributed by atoms with Crippen LogP contribution in [0.4, 0.5) is 0 Å². The molecule has 5 heteroatoms. The number of hydrogen-bond acceptors (Lipinski definition) is 3. The van der Waals surface area contributed by atoms with Crippen molar-refractivity contribution >= 4 is 20.5 Å². The van der Waals surface area contributed by atoms with Crippen LogP contribution in [0.2, 0.25) is 0 Å². The molecule has 0 saturated carbocycles. The van der Waals surface area contributed by atoms with E-state index in [4.69, 9.17) is 25.0 Å². The topological polar surface area (TPSA) is 27.7 Å². The highest BCUT2D eigenvalue weighted by molar-refractivity contribution is 7.43. The summed E-state index contributed by atoms with van der Waals surface area (Å²) in [5.41, 5.74) is 6.81. The van der Waals surface area contributed by atoms with Gasteiger partial charge in [0.15, 0.2) is 0 Å². The van der Waals surface area contributed by atoms with Gasteiger partial charge < -0.3 is 9.05 Å². The van der Waals surface area contributed by atoms with Crippen molar-refractivity contribution in [1.82, 2.24) is 0 Å². The number of benzene rings is 2. The SMILES string of the molecule is Cc1cc2c(c(C(C)(C)C)c1)OP(OCl)Oc1c(cc(C)cc1C(C)(C)C)C2C. The van der Waals surface area contributed by atoms with E-state index in [1.165, 1.54) is 11.1 Å². The molecule has 0 unspecified atom stereocenters. The van der Waals surface area contributed by atoms with Crippen molar-refractivity contribution in [3.63, 3.8) is 0 Å². The summed E-state index contributed by atoms with van der Waals surface area (Å²) in [6.07, 6.45) is 0. The highest BCUT2D eigenvalue weighted by atomic mass is 35.5. The van der Waals surface area contributed by atoms with E-state index in [0.29, 0.717) is 0 Å². The first-order chi connectivity index (χ1) is 13.3. The van der Waals surface area contributed by atoms with Crippen molar-refractivity contribution in [2.45, 2.75) is 79.1 Å². The Morgan fingerprint density at radius 2 is 1.17 bits per heavy atom. The van der Waals surface area contributed by atoms with Crippen LogP contribution in [0.5, 0.6) is 11.5 Å². The fraction of sp³-hybridized carbons (Fsp3) is 0.500. The van der Waals surface area contributed by atoms with Gasteiger partial charge in [-0.1, -0.05) is 83.9 Å². The zero-order chi connectivity index (χ0) is 21.7. The maximum Gasteiger partial charge on any atom is 0.481 e. The van der Waals surface area contributed by atoms with Crippen LogP contribution in [-0.4, -0.2) is 0 Å². The molecule has 1 aliphatic rings. The lowest BCUT2D eigenvalue weighted by Crippen LogP contribution is -2.19. The summed E-state index contributed by atoms with van der Waals surface area (Å²) >= 11 is 5.85. The molecular formula is C24H32ClO3P. The van der Waals surface area contributed by atoms with E-state index in [1.807, 2.05) is 0 Å². The number of rotatable bonds is 1. The molecule has 0 aliphatic carbocycles. The van der Waals surface area contributed by atoms with Crippen LogP contribution < -0.4 is 9.05 Å². The molecule has 3 rings (SSSR count). The maximum absolute atomic E-state index is 6.31. The standard InChI is InChI=1S/C24H32ClO3P/c1-14-10-17-16(3)18-11-15(2)13-20(24(7,8)9)22(18)27-29(28-25)26-21(17)19(12-14)23(4,5)6/h10-13,16H,1-9H3. The van der Waals surface area contributed by atoms with Gasteiger partial charge in [0.2, 0.25) is 0 Å². The molecule has 0 spiro atoms. The summed E-state index contributed by atoms with van der Waals surface area (Å²) in [4.78, 5) is 0. The molecule has 0 atom stereocenters. The Hall–Kier alpha value is -1.28. The Morgan fingerprint density at radius 3 is 1.48 bits per heavy atom. The first-order valence-electron chi connectivity index (χ1n) is 10.1. The predicted octanol–water partition coefficient (Wildman–Crippen LogP) is 8.22. The molecule has 158 valence electrons. The van der Waals surface area contributed by atoms with Crippen molar-refractivity contribution in [2.24, 2.45) is 0 Å². The van der Waals surface area contributed by atoms with E-state index in [0.717, 1.165) is 33.8 Å². The minimum atomic E-state index is -1.79. The molecular weight excluding hydrogens is 403 g/mol. The lowest BCUT2D eigenvalue weighted by molar-refractivity contribution is 0.378. The summed E-state index contributed by atoms with van der Waals surface area (Å²) in [5, 5.41) is 0. The Labute approximate surface area is 181 Å². The van der Waals surface area contributed by atoms with Crippen LogP contribution in [0.1, 0.15) is 87.8 Å². The van der Waals surface area contributed by atoms with Crippen molar-refractivity contribution < 1.29 is 13.1 Å². The minimum absolute atomic E-state index is 0.0889. The van der Waals surface area contributed by atoms with E-state index >= 15 is 0 Å². The first-order valence-corrected chi connectivity index (χ1v) is 11.5. The number of fused-ring (bicyclic) bond motifs is 2. The average Bonchev–Trinajstić information content (AvgIpc) is 2.59. The highest BCUT2D eigenvalue weighted by Gasteiger charge is 2.35. The van der Waals surface area contributed by atoms with Gasteiger partial charge in [-0.25, -0.2) is 0 Å². The third kappa shape index (κ3) is 4.43. The fourth-order valence-corrected chi connectivity index (χ4v) is 4.90. The average molecular weight is 435 g/mol. The van der Waals surface area contributed by atoms with E-state index in [9.17, 15) is 0 Å². The van der Waals surface area contributed by atoms with Crippen LogP contribution in [0, 0.1) is 13.8 Å². The molecule has 0 radical (unpaired) electrons. The van der Waals surface area contributed by atoms with Crippen LogP contribution in [0.3, 0.4) is 0 Å². The lowest BCUT2D eigenvalue weighted by atomic mass is 9.79. The van der Waals surface area contributed by atoms with Gasteiger partial charge in [0, 0.05) is 28.2 Å². The van der Waals surface area contributed by atoms with Gasteiger partial charge in [-0.15, -0.1) is 0 Å². The van der Waals surface area contributed by atoms with Crippen LogP contribution in [0.25, 0.3) is 0 Å². The molecule has 0 fully saturated rings. The third-order valence-corrected chi connectivity index (χ3v) is 6.58. The maximum atomic E-state index is 6.31. The van der Waals surface area contributed by atoms with Gasteiger partial charge in [-0.3, -0.25) is 0 Å². The molecule has 0 bridgehead atoms. The molecule has 2 aromatic carbocycles. The summed E-state index contributed by atoms with van der Waals surface area (Å²) in [6.45, 7) is 19.6. The van der Waals surface area contributed by atoms with Crippen molar-refractivity contribution in [3.8, 4) is 11.5 Å². The van der Waals surface area contributed by atoms with Gasteiger partial charge in [-0.05, 0) is 24.7 Å².